The summed E-state index contributed by atoms with van der Waals surface area (Å²) in [6, 6.07) is 10.1. The van der Waals surface area contributed by atoms with E-state index >= 15 is 0 Å². The molecule has 1 aromatic carbocycles. The number of esters is 1. The SMILES string of the molecule is COC(=O)c1ccccc1N(C)C(=O)c1ccc(C)o1. The zero-order chi connectivity index (χ0) is 14.7. The molecule has 20 heavy (non-hydrogen) atoms. The lowest BCUT2D eigenvalue weighted by atomic mass is 10.1. The number of nitrogens with zero attached hydrogens (tertiary/aromatic N) is 1. The molecule has 5 nitrogen and oxygen atoms in total. The van der Waals surface area contributed by atoms with Crippen molar-refractivity contribution in [1.29, 1.82) is 0 Å². The minimum absolute atomic E-state index is 0.227. The molecule has 2 rings (SSSR count). The van der Waals surface area contributed by atoms with Crippen molar-refractivity contribution >= 4 is 17.6 Å². The Balaban J connectivity index is 2.36. The highest BCUT2D eigenvalue weighted by atomic mass is 16.5. The Morgan fingerprint density at radius 1 is 1.15 bits per heavy atom. The van der Waals surface area contributed by atoms with Gasteiger partial charge in [0.15, 0.2) is 5.76 Å². The summed E-state index contributed by atoms with van der Waals surface area (Å²) >= 11 is 0. The van der Waals surface area contributed by atoms with Gasteiger partial charge in [-0.3, -0.25) is 4.79 Å². The first kappa shape index (κ1) is 13.9. The van der Waals surface area contributed by atoms with Crippen LogP contribution in [0.1, 0.15) is 26.7 Å². The number of carbonyl (C=O) groups is 2. The van der Waals surface area contributed by atoms with Crippen LogP contribution in [0.3, 0.4) is 0 Å². The number of rotatable bonds is 3. The lowest BCUT2D eigenvalue weighted by Crippen LogP contribution is -2.27. The van der Waals surface area contributed by atoms with Gasteiger partial charge in [0.25, 0.3) is 5.91 Å². The average Bonchev–Trinajstić information content (AvgIpc) is 2.91. The molecular formula is C15H15NO4. The van der Waals surface area contributed by atoms with Crippen LogP contribution < -0.4 is 4.90 Å². The van der Waals surface area contributed by atoms with Gasteiger partial charge in [-0.05, 0) is 31.2 Å². The number of para-hydroxylation sites is 1. The molecule has 0 saturated carbocycles. The number of hydrogen-bond acceptors (Lipinski definition) is 4. The Labute approximate surface area is 116 Å². The average molecular weight is 273 g/mol. The van der Waals surface area contributed by atoms with Crippen LogP contribution in [-0.2, 0) is 4.74 Å². The molecule has 0 saturated heterocycles. The summed E-state index contributed by atoms with van der Waals surface area (Å²) in [6.07, 6.45) is 0. The number of hydrogen-bond donors (Lipinski definition) is 0. The van der Waals surface area contributed by atoms with Crippen molar-refractivity contribution in [1.82, 2.24) is 0 Å². The van der Waals surface area contributed by atoms with Gasteiger partial charge in [0.2, 0.25) is 0 Å². The van der Waals surface area contributed by atoms with E-state index in [2.05, 4.69) is 0 Å². The van der Waals surface area contributed by atoms with Crippen LogP contribution >= 0.6 is 0 Å². The third-order valence-corrected chi connectivity index (χ3v) is 2.93. The predicted octanol–water partition coefficient (Wildman–Crippen LogP) is 2.65. The number of amides is 1. The van der Waals surface area contributed by atoms with Gasteiger partial charge in [0.05, 0.1) is 18.4 Å². The van der Waals surface area contributed by atoms with E-state index in [-0.39, 0.29) is 11.7 Å². The fraction of sp³-hybridized carbons (Fsp3) is 0.200. The molecule has 104 valence electrons. The van der Waals surface area contributed by atoms with Crippen LogP contribution in [0.25, 0.3) is 0 Å². The Morgan fingerprint density at radius 2 is 1.85 bits per heavy atom. The quantitative estimate of drug-likeness (QED) is 0.807. The van der Waals surface area contributed by atoms with Crippen LogP contribution in [0.5, 0.6) is 0 Å². The maximum Gasteiger partial charge on any atom is 0.339 e. The van der Waals surface area contributed by atoms with Gasteiger partial charge in [-0.2, -0.15) is 0 Å². The van der Waals surface area contributed by atoms with Gasteiger partial charge >= 0.3 is 5.97 Å². The molecule has 0 aliphatic carbocycles. The second-order valence-corrected chi connectivity index (χ2v) is 4.28. The molecule has 5 heteroatoms. The number of carbonyl (C=O) groups excluding carboxylic acids is 2. The van der Waals surface area contributed by atoms with Gasteiger partial charge < -0.3 is 14.1 Å². The van der Waals surface area contributed by atoms with Crippen LogP contribution in [-0.4, -0.2) is 26.0 Å². The molecule has 1 heterocycles. The highest BCUT2D eigenvalue weighted by Gasteiger charge is 2.21. The lowest BCUT2D eigenvalue weighted by Gasteiger charge is -2.18. The van der Waals surface area contributed by atoms with E-state index in [4.69, 9.17) is 9.15 Å². The zero-order valence-electron chi connectivity index (χ0n) is 11.5. The van der Waals surface area contributed by atoms with Crippen molar-refractivity contribution in [3.8, 4) is 0 Å². The number of ether oxygens (including phenoxy) is 1. The van der Waals surface area contributed by atoms with Crippen LogP contribution in [0.15, 0.2) is 40.8 Å². The largest absolute Gasteiger partial charge is 0.465 e. The molecule has 0 fully saturated rings. The van der Waals surface area contributed by atoms with E-state index in [1.165, 1.54) is 12.0 Å². The molecule has 2 aromatic rings. The smallest absolute Gasteiger partial charge is 0.339 e. The van der Waals surface area contributed by atoms with Gasteiger partial charge in [-0.25, -0.2) is 4.79 Å². The van der Waals surface area contributed by atoms with E-state index < -0.39 is 5.97 Å². The predicted molar refractivity (Wildman–Crippen MR) is 74.0 cm³/mol. The van der Waals surface area contributed by atoms with Crippen molar-refractivity contribution in [2.24, 2.45) is 0 Å². The van der Waals surface area contributed by atoms with E-state index in [1.54, 1.807) is 50.4 Å². The van der Waals surface area contributed by atoms with Gasteiger partial charge in [0.1, 0.15) is 5.76 Å². The summed E-state index contributed by atoms with van der Waals surface area (Å²) < 4.78 is 10.0. The molecule has 0 radical (unpaired) electrons. The summed E-state index contributed by atoms with van der Waals surface area (Å²) in [5.74, 6) is 0.0676. The van der Waals surface area contributed by atoms with Crippen molar-refractivity contribution < 1.29 is 18.7 Å². The van der Waals surface area contributed by atoms with Gasteiger partial charge in [-0.15, -0.1) is 0 Å². The first-order valence-electron chi connectivity index (χ1n) is 6.06. The van der Waals surface area contributed by atoms with E-state index in [1.807, 2.05) is 0 Å². The Morgan fingerprint density at radius 3 is 2.45 bits per heavy atom. The molecule has 1 amide bonds. The third-order valence-electron chi connectivity index (χ3n) is 2.93. The molecule has 0 unspecified atom stereocenters. The van der Waals surface area contributed by atoms with Crippen molar-refractivity contribution in [2.45, 2.75) is 6.92 Å². The Hall–Kier alpha value is -2.56. The maximum atomic E-state index is 12.3. The maximum absolute atomic E-state index is 12.3. The second-order valence-electron chi connectivity index (χ2n) is 4.28. The molecule has 0 spiro atoms. The molecule has 0 aliphatic heterocycles. The van der Waals surface area contributed by atoms with Crippen LogP contribution in [0.2, 0.25) is 0 Å². The van der Waals surface area contributed by atoms with Crippen LogP contribution in [0, 0.1) is 6.92 Å². The highest BCUT2D eigenvalue weighted by Crippen LogP contribution is 2.22. The topological polar surface area (TPSA) is 59.8 Å². The summed E-state index contributed by atoms with van der Waals surface area (Å²) in [4.78, 5) is 25.4. The molecule has 0 N–H and O–H groups in total. The summed E-state index contributed by atoms with van der Waals surface area (Å²) in [5, 5.41) is 0. The number of anilines is 1. The van der Waals surface area contributed by atoms with Crippen LogP contribution in [0.4, 0.5) is 5.69 Å². The highest BCUT2D eigenvalue weighted by molar-refractivity contribution is 6.07. The van der Waals surface area contributed by atoms with E-state index in [0.717, 1.165) is 0 Å². The fourth-order valence-electron chi connectivity index (χ4n) is 1.87. The third kappa shape index (κ3) is 2.56. The standard InChI is InChI=1S/C15H15NO4/c1-10-8-9-13(20-10)14(17)16(2)12-7-5-4-6-11(12)15(18)19-3/h4-9H,1-3H3. The van der Waals surface area contributed by atoms with Crippen molar-refractivity contribution in [3.05, 3.63) is 53.5 Å². The summed E-state index contributed by atoms with van der Waals surface area (Å²) in [7, 11) is 2.89. The Kier molecular flexibility index (Phi) is 3.89. The number of furan rings is 1. The summed E-state index contributed by atoms with van der Waals surface area (Å²) in [6.45, 7) is 1.76. The first-order valence-corrected chi connectivity index (χ1v) is 6.06. The molecular weight excluding hydrogens is 258 g/mol. The van der Waals surface area contributed by atoms with Gasteiger partial charge in [-0.1, -0.05) is 12.1 Å². The summed E-state index contributed by atoms with van der Waals surface area (Å²) in [5.41, 5.74) is 0.799. The molecule has 1 aromatic heterocycles. The number of aryl methyl sites for hydroxylation is 1. The van der Waals surface area contributed by atoms with Crippen molar-refractivity contribution in [2.75, 3.05) is 19.1 Å². The lowest BCUT2D eigenvalue weighted by molar-refractivity contribution is 0.0601. The van der Waals surface area contributed by atoms with E-state index in [0.29, 0.717) is 17.0 Å². The number of methoxy groups -OCH3 is 1. The molecule has 0 atom stereocenters. The molecule has 0 bridgehead atoms. The normalized spacial score (nSPS) is 10.2. The monoisotopic (exact) mass is 273 g/mol. The minimum atomic E-state index is -0.490. The Bertz CT molecular complexity index is 645. The van der Waals surface area contributed by atoms with Crippen molar-refractivity contribution in [3.63, 3.8) is 0 Å². The minimum Gasteiger partial charge on any atom is -0.465 e. The molecule has 0 aliphatic rings. The number of benzene rings is 1. The van der Waals surface area contributed by atoms with Gasteiger partial charge in [0, 0.05) is 7.05 Å². The zero-order valence-corrected chi connectivity index (χ0v) is 11.5. The van der Waals surface area contributed by atoms with E-state index in [9.17, 15) is 9.59 Å². The second kappa shape index (κ2) is 5.61. The first-order chi connectivity index (χ1) is 9.54. The fourth-order valence-corrected chi connectivity index (χ4v) is 1.87.